The average molecular weight is 352 g/mol. The summed E-state index contributed by atoms with van der Waals surface area (Å²) < 4.78 is 13.4. The van der Waals surface area contributed by atoms with Crippen molar-refractivity contribution in [1.29, 1.82) is 5.26 Å². The van der Waals surface area contributed by atoms with E-state index in [0.717, 1.165) is 12.8 Å². The van der Waals surface area contributed by atoms with Gasteiger partial charge in [-0.3, -0.25) is 14.6 Å². The SMILES string of the molecule is Cc1cc(C(=O)NCC(=O)N2[C@H](C#N)C[C@@H]3C[C@@H]32)c2ccc(F)cc2n1. The van der Waals surface area contributed by atoms with E-state index in [1.54, 1.807) is 17.9 Å². The van der Waals surface area contributed by atoms with Crippen molar-refractivity contribution < 1.29 is 14.0 Å². The van der Waals surface area contributed by atoms with Gasteiger partial charge in [-0.1, -0.05) is 0 Å². The highest BCUT2D eigenvalue weighted by Crippen LogP contribution is 2.47. The summed E-state index contributed by atoms with van der Waals surface area (Å²) >= 11 is 0. The summed E-state index contributed by atoms with van der Waals surface area (Å²) in [4.78, 5) is 30.9. The third kappa shape index (κ3) is 2.77. The van der Waals surface area contributed by atoms with E-state index in [0.29, 0.717) is 28.1 Å². The standard InChI is InChI=1S/C19H17FN4O2/c1-10-4-15(14-3-2-12(20)7-16(14)23-10)19(26)22-9-18(25)24-13(8-21)5-11-6-17(11)24/h2-4,7,11,13,17H,5-6,9H2,1H3,(H,22,26)/t11-,13+,17+/m1/s1. The van der Waals surface area contributed by atoms with Gasteiger partial charge >= 0.3 is 0 Å². The number of carbonyl (C=O) groups is 2. The number of nitriles is 1. The fraction of sp³-hybridized carbons (Fsp3) is 0.368. The highest BCUT2D eigenvalue weighted by atomic mass is 19.1. The van der Waals surface area contributed by atoms with Crippen molar-refractivity contribution in [2.24, 2.45) is 5.92 Å². The van der Waals surface area contributed by atoms with Crippen LogP contribution in [0.25, 0.3) is 10.9 Å². The van der Waals surface area contributed by atoms with Crippen LogP contribution in [0.3, 0.4) is 0 Å². The van der Waals surface area contributed by atoms with E-state index in [9.17, 15) is 19.2 Å². The minimum atomic E-state index is -0.423. The molecule has 1 aromatic carbocycles. The molecule has 1 saturated heterocycles. The number of hydrogen-bond donors (Lipinski definition) is 1. The Morgan fingerprint density at radius 3 is 2.96 bits per heavy atom. The lowest BCUT2D eigenvalue weighted by molar-refractivity contribution is -0.131. The van der Waals surface area contributed by atoms with E-state index in [2.05, 4.69) is 16.4 Å². The van der Waals surface area contributed by atoms with Crippen LogP contribution in [0.5, 0.6) is 0 Å². The molecule has 7 heteroatoms. The van der Waals surface area contributed by atoms with Crippen LogP contribution in [0.15, 0.2) is 24.3 Å². The van der Waals surface area contributed by atoms with Crippen molar-refractivity contribution in [2.75, 3.05) is 6.54 Å². The molecule has 1 N–H and O–H groups in total. The van der Waals surface area contributed by atoms with Gasteiger partial charge in [0.15, 0.2) is 0 Å². The minimum absolute atomic E-state index is 0.149. The van der Waals surface area contributed by atoms with Gasteiger partial charge < -0.3 is 10.2 Å². The molecule has 6 nitrogen and oxygen atoms in total. The number of pyridine rings is 1. The molecule has 1 saturated carbocycles. The average Bonchev–Trinajstić information content (AvgIpc) is 3.28. The summed E-state index contributed by atoms with van der Waals surface area (Å²) in [6.45, 7) is 1.56. The Bertz CT molecular complexity index is 963. The maximum absolute atomic E-state index is 13.4. The Morgan fingerprint density at radius 2 is 2.19 bits per heavy atom. The van der Waals surface area contributed by atoms with Crippen molar-refractivity contribution in [3.8, 4) is 6.07 Å². The molecular formula is C19H17FN4O2. The largest absolute Gasteiger partial charge is 0.343 e. The van der Waals surface area contributed by atoms with Gasteiger partial charge in [-0.2, -0.15) is 5.26 Å². The molecule has 2 amide bonds. The molecule has 2 heterocycles. The molecule has 4 rings (SSSR count). The number of amides is 2. The number of piperidine rings is 1. The zero-order valence-corrected chi connectivity index (χ0v) is 14.2. The second-order valence-electron chi connectivity index (χ2n) is 6.90. The molecule has 2 aromatic rings. The van der Waals surface area contributed by atoms with Crippen LogP contribution in [0, 0.1) is 30.0 Å². The predicted molar refractivity (Wildman–Crippen MR) is 91.5 cm³/mol. The maximum Gasteiger partial charge on any atom is 0.252 e. The number of benzene rings is 1. The quantitative estimate of drug-likeness (QED) is 0.914. The number of fused-ring (bicyclic) bond motifs is 2. The third-order valence-corrected chi connectivity index (χ3v) is 5.09. The van der Waals surface area contributed by atoms with E-state index in [4.69, 9.17) is 0 Å². The second-order valence-corrected chi connectivity index (χ2v) is 6.90. The smallest absolute Gasteiger partial charge is 0.252 e. The van der Waals surface area contributed by atoms with Gasteiger partial charge in [0.25, 0.3) is 5.91 Å². The number of aromatic nitrogens is 1. The van der Waals surface area contributed by atoms with E-state index < -0.39 is 17.8 Å². The summed E-state index contributed by atoms with van der Waals surface area (Å²) in [5, 5.41) is 12.3. The highest BCUT2D eigenvalue weighted by Gasteiger charge is 2.53. The van der Waals surface area contributed by atoms with Gasteiger partial charge in [0.1, 0.15) is 11.9 Å². The fourth-order valence-electron chi connectivity index (χ4n) is 3.79. The molecule has 1 aliphatic carbocycles. The van der Waals surface area contributed by atoms with E-state index in [-0.39, 0.29) is 18.5 Å². The van der Waals surface area contributed by atoms with Gasteiger partial charge in [-0.25, -0.2) is 4.39 Å². The molecule has 0 unspecified atom stereocenters. The zero-order chi connectivity index (χ0) is 18.4. The number of rotatable bonds is 3. The number of aryl methyl sites for hydroxylation is 1. The van der Waals surface area contributed by atoms with Gasteiger partial charge in [-0.05, 0) is 43.9 Å². The maximum atomic E-state index is 13.4. The number of nitrogens with one attached hydrogen (secondary N) is 1. The Labute approximate surface area is 149 Å². The van der Waals surface area contributed by atoms with Gasteiger partial charge in [0.2, 0.25) is 5.91 Å². The van der Waals surface area contributed by atoms with Crippen molar-refractivity contribution in [2.45, 2.75) is 31.8 Å². The Balaban J connectivity index is 1.51. The third-order valence-electron chi connectivity index (χ3n) is 5.09. The summed E-state index contributed by atoms with van der Waals surface area (Å²) in [5.74, 6) is -0.648. The lowest BCUT2D eigenvalue weighted by Crippen LogP contribution is -2.44. The molecule has 1 aromatic heterocycles. The topological polar surface area (TPSA) is 86.1 Å². The minimum Gasteiger partial charge on any atom is -0.343 e. The summed E-state index contributed by atoms with van der Waals surface area (Å²) in [7, 11) is 0. The van der Waals surface area contributed by atoms with Crippen LogP contribution < -0.4 is 5.32 Å². The van der Waals surface area contributed by atoms with Crippen LogP contribution >= 0.6 is 0 Å². The second kappa shape index (κ2) is 6.06. The van der Waals surface area contributed by atoms with E-state index >= 15 is 0 Å². The van der Waals surface area contributed by atoms with Crippen LogP contribution in [-0.2, 0) is 4.79 Å². The summed E-state index contributed by atoms with van der Waals surface area (Å²) in [6.07, 6.45) is 1.66. The van der Waals surface area contributed by atoms with E-state index in [1.807, 2.05) is 0 Å². The van der Waals surface area contributed by atoms with Crippen molar-refractivity contribution in [3.63, 3.8) is 0 Å². The van der Waals surface area contributed by atoms with E-state index in [1.165, 1.54) is 18.2 Å². The van der Waals surface area contributed by atoms with Crippen LogP contribution in [0.4, 0.5) is 4.39 Å². The predicted octanol–water partition coefficient (Wildman–Crippen LogP) is 1.93. The molecule has 132 valence electrons. The van der Waals surface area contributed by atoms with Crippen LogP contribution in [0.2, 0.25) is 0 Å². The van der Waals surface area contributed by atoms with Crippen molar-refractivity contribution >= 4 is 22.7 Å². The molecule has 0 spiro atoms. The number of hydrogen-bond acceptors (Lipinski definition) is 4. The first kappa shape index (κ1) is 16.5. The van der Waals surface area contributed by atoms with Crippen LogP contribution in [-0.4, -0.2) is 40.3 Å². The molecule has 1 aliphatic heterocycles. The zero-order valence-electron chi connectivity index (χ0n) is 14.2. The summed E-state index contributed by atoms with van der Waals surface area (Å²) in [6, 6.07) is 7.59. The molecule has 0 radical (unpaired) electrons. The Kier molecular flexibility index (Phi) is 3.83. The normalized spacial score (nSPS) is 23.4. The molecule has 3 atom stereocenters. The lowest BCUT2D eigenvalue weighted by atomic mass is 10.1. The first-order chi connectivity index (χ1) is 12.5. The number of carbonyl (C=O) groups excluding carboxylic acids is 2. The number of likely N-dealkylation sites (tertiary alicyclic amines) is 1. The van der Waals surface area contributed by atoms with Gasteiger partial charge in [0, 0.05) is 23.2 Å². The fourth-order valence-corrected chi connectivity index (χ4v) is 3.79. The number of nitrogens with zero attached hydrogens (tertiary/aromatic N) is 3. The summed E-state index contributed by atoms with van der Waals surface area (Å²) in [5.41, 5.74) is 1.33. The van der Waals surface area contributed by atoms with Crippen LogP contribution in [0.1, 0.15) is 28.9 Å². The van der Waals surface area contributed by atoms with Gasteiger partial charge in [-0.15, -0.1) is 0 Å². The molecular weight excluding hydrogens is 335 g/mol. The molecule has 0 bridgehead atoms. The Morgan fingerprint density at radius 1 is 1.38 bits per heavy atom. The molecule has 2 fully saturated rings. The monoisotopic (exact) mass is 352 g/mol. The first-order valence-electron chi connectivity index (χ1n) is 8.54. The molecule has 26 heavy (non-hydrogen) atoms. The lowest BCUT2D eigenvalue weighted by Gasteiger charge is -2.22. The molecule has 2 aliphatic rings. The number of halogens is 1. The Hall–Kier alpha value is -3.01. The highest BCUT2D eigenvalue weighted by molar-refractivity contribution is 6.07. The van der Waals surface area contributed by atoms with Crippen molar-refractivity contribution in [3.05, 3.63) is 41.3 Å². The van der Waals surface area contributed by atoms with Gasteiger partial charge in [0.05, 0.1) is 23.7 Å². The van der Waals surface area contributed by atoms with Crippen molar-refractivity contribution in [1.82, 2.24) is 15.2 Å². The first-order valence-corrected chi connectivity index (χ1v) is 8.54.